The average molecular weight is 385 g/mol. The smallest absolute Gasteiger partial charge is 0.276 e. The lowest BCUT2D eigenvalue weighted by Crippen LogP contribution is -2.35. The first kappa shape index (κ1) is 19.3. The van der Waals surface area contributed by atoms with Gasteiger partial charge in [-0.25, -0.2) is 10.2 Å². The molecule has 9 heteroatoms. The Kier molecular flexibility index (Phi) is 5.87. The molecule has 146 valence electrons. The molecule has 0 unspecified atom stereocenters. The summed E-state index contributed by atoms with van der Waals surface area (Å²) in [5.74, 6) is 6.49. The Morgan fingerprint density at radius 2 is 1.86 bits per heavy atom. The fraction of sp³-hybridized carbons (Fsp3) is 0.158. The molecule has 0 radical (unpaired) electrons. The van der Waals surface area contributed by atoms with E-state index in [0.29, 0.717) is 17.1 Å². The molecule has 3 aromatic rings. The zero-order chi connectivity index (χ0) is 20.1. The number of methoxy groups -OCH3 is 2. The van der Waals surface area contributed by atoms with Crippen LogP contribution < -0.4 is 21.3 Å². The lowest BCUT2D eigenvalue weighted by Gasteiger charge is -2.23. The third-order valence-corrected chi connectivity index (χ3v) is 4.00. The van der Waals surface area contributed by atoms with Gasteiger partial charge in [0.1, 0.15) is 17.3 Å². The fourth-order valence-corrected chi connectivity index (χ4v) is 2.60. The van der Waals surface area contributed by atoms with Gasteiger partial charge in [0.25, 0.3) is 5.89 Å². The second kappa shape index (κ2) is 8.51. The first-order chi connectivity index (χ1) is 13.6. The van der Waals surface area contributed by atoms with Gasteiger partial charge in [0.2, 0.25) is 5.82 Å². The van der Waals surface area contributed by atoms with Gasteiger partial charge in [-0.1, -0.05) is 29.4 Å². The number of anilines is 1. The quantitative estimate of drug-likeness (QED) is 0.471. The number of rotatable bonds is 7. The third-order valence-electron chi connectivity index (χ3n) is 4.00. The minimum Gasteiger partial charge on any atom is -0.496 e. The van der Waals surface area contributed by atoms with Crippen LogP contribution in [0, 0.1) is 5.82 Å². The molecule has 0 bridgehead atoms. The van der Waals surface area contributed by atoms with Crippen molar-refractivity contribution in [3.63, 3.8) is 0 Å². The van der Waals surface area contributed by atoms with Gasteiger partial charge < -0.3 is 19.7 Å². The highest BCUT2D eigenvalue weighted by atomic mass is 19.1. The second-order valence-corrected chi connectivity index (χ2v) is 5.74. The number of benzene rings is 2. The molecule has 3 rings (SSSR count). The number of hydrazine groups is 1. The van der Waals surface area contributed by atoms with E-state index in [1.54, 1.807) is 31.4 Å². The van der Waals surface area contributed by atoms with E-state index in [-0.39, 0.29) is 29.6 Å². The van der Waals surface area contributed by atoms with Crippen LogP contribution in [0.1, 0.15) is 5.89 Å². The Morgan fingerprint density at radius 3 is 2.57 bits per heavy atom. The van der Waals surface area contributed by atoms with Gasteiger partial charge in [0.15, 0.2) is 0 Å². The largest absolute Gasteiger partial charge is 0.496 e. The van der Waals surface area contributed by atoms with Gasteiger partial charge in [-0.15, -0.1) is 0 Å². The molecule has 0 atom stereocenters. The molecule has 0 fully saturated rings. The zero-order valence-electron chi connectivity index (χ0n) is 15.4. The van der Waals surface area contributed by atoms with E-state index in [2.05, 4.69) is 10.1 Å². The SMILES string of the molecule is COC/C(=C(/N)c1nc(-c2ccccc2OC)no1)N(N)c1ccccc1F. The number of halogens is 1. The summed E-state index contributed by atoms with van der Waals surface area (Å²) in [5, 5.41) is 5.05. The van der Waals surface area contributed by atoms with Crippen LogP contribution in [0.3, 0.4) is 0 Å². The molecule has 1 heterocycles. The molecule has 4 N–H and O–H groups in total. The van der Waals surface area contributed by atoms with Crippen molar-refractivity contribution in [2.24, 2.45) is 11.6 Å². The Balaban J connectivity index is 2.01. The topological polar surface area (TPSA) is 113 Å². The third kappa shape index (κ3) is 3.80. The number of para-hydroxylation sites is 2. The Morgan fingerprint density at radius 1 is 1.14 bits per heavy atom. The monoisotopic (exact) mass is 385 g/mol. The van der Waals surface area contributed by atoms with Crippen LogP contribution in [-0.2, 0) is 4.74 Å². The highest BCUT2D eigenvalue weighted by Gasteiger charge is 2.21. The summed E-state index contributed by atoms with van der Waals surface area (Å²) in [7, 11) is 3.02. The van der Waals surface area contributed by atoms with Crippen molar-refractivity contribution >= 4 is 11.4 Å². The van der Waals surface area contributed by atoms with Crippen molar-refractivity contribution in [1.29, 1.82) is 0 Å². The molecule has 0 aliphatic rings. The van der Waals surface area contributed by atoms with Crippen molar-refractivity contribution < 1.29 is 18.4 Å². The van der Waals surface area contributed by atoms with Crippen molar-refractivity contribution in [2.75, 3.05) is 25.8 Å². The average Bonchev–Trinajstić information content (AvgIpc) is 3.21. The van der Waals surface area contributed by atoms with Crippen LogP contribution in [-0.4, -0.2) is 31.0 Å². The maximum Gasteiger partial charge on any atom is 0.276 e. The summed E-state index contributed by atoms with van der Waals surface area (Å²) in [6, 6.07) is 13.3. The summed E-state index contributed by atoms with van der Waals surface area (Å²) >= 11 is 0. The number of nitrogens with two attached hydrogens (primary N) is 2. The maximum absolute atomic E-state index is 14.1. The molecule has 0 aliphatic heterocycles. The zero-order valence-corrected chi connectivity index (χ0v) is 15.4. The molecular formula is C19H20FN5O3. The molecule has 8 nitrogen and oxygen atoms in total. The fourth-order valence-electron chi connectivity index (χ4n) is 2.60. The molecule has 0 saturated carbocycles. The van der Waals surface area contributed by atoms with E-state index < -0.39 is 5.82 Å². The van der Waals surface area contributed by atoms with Gasteiger partial charge in [-0.05, 0) is 24.3 Å². The Labute approximate surface area is 161 Å². The van der Waals surface area contributed by atoms with Crippen molar-refractivity contribution in [3.8, 4) is 17.1 Å². The summed E-state index contributed by atoms with van der Waals surface area (Å²) in [5.41, 5.74) is 7.31. The minimum atomic E-state index is -0.508. The molecular weight excluding hydrogens is 365 g/mol. The summed E-state index contributed by atoms with van der Waals surface area (Å²) in [4.78, 5) is 4.32. The van der Waals surface area contributed by atoms with Gasteiger partial charge in [0, 0.05) is 7.11 Å². The first-order valence-electron chi connectivity index (χ1n) is 8.31. The minimum absolute atomic E-state index is 0.00301. The van der Waals surface area contributed by atoms with E-state index in [9.17, 15) is 4.39 Å². The predicted molar refractivity (Wildman–Crippen MR) is 102 cm³/mol. The van der Waals surface area contributed by atoms with Gasteiger partial charge >= 0.3 is 0 Å². The highest BCUT2D eigenvalue weighted by Crippen LogP contribution is 2.29. The number of hydrogen-bond acceptors (Lipinski definition) is 8. The molecule has 28 heavy (non-hydrogen) atoms. The summed E-state index contributed by atoms with van der Waals surface area (Å²) in [6.45, 7) is 0.00301. The second-order valence-electron chi connectivity index (χ2n) is 5.74. The molecule has 0 amide bonds. The Hall–Kier alpha value is -3.43. The maximum atomic E-state index is 14.1. The molecule has 0 spiro atoms. The van der Waals surface area contributed by atoms with Crippen LogP contribution in [0.5, 0.6) is 5.75 Å². The van der Waals surface area contributed by atoms with Crippen LogP contribution in [0.2, 0.25) is 0 Å². The van der Waals surface area contributed by atoms with Gasteiger partial charge in [-0.2, -0.15) is 4.98 Å². The van der Waals surface area contributed by atoms with E-state index >= 15 is 0 Å². The number of hydrogen-bond donors (Lipinski definition) is 2. The predicted octanol–water partition coefficient (Wildman–Crippen LogP) is 2.54. The van der Waals surface area contributed by atoms with E-state index in [0.717, 1.165) is 5.01 Å². The van der Waals surface area contributed by atoms with Gasteiger partial charge in [-0.3, -0.25) is 5.01 Å². The number of aromatic nitrogens is 2. The highest BCUT2D eigenvalue weighted by molar-refractivity contribution is 5.69. The van der Waals surface area contributed by atoms with Crippen molar-refractivity contribution in [1.82, 2.24) is 10.1 Å². The standard InChI is InChI=1S/C19H20FN5O3/c1-26-11-15(25(22)14-9-5-4-8-13(14)20)17(21)19-23-18(24-28-19)12-7-3-6-10-16(12)27-2/h3-10H,11,21-22H2,1-2H3/b17-15-. The summed E-state index contributed by atoms with van der Waals surface area (Å²) in [6.07, 6.45) is 0. The molecule has 0 aliphatic carbocycles. The normalized spacial score (nSPS) is 11.9. The molecule has 2 aromatic carbocycles. The number of ether oxygens (including phenoxy) is 2. The van der Waals surface area contributed by atoms with E-state index in [1.807, 2.05) is 12.1 Å². The first-order valence-corrected chi connectivity index (χ1v) is 8.31. The Bertz CT molecular complexity index is 989. The van der Waals surface area contributed by atoms with Crippen LogP contribution >= 0.6 is 0 Å². The van der Waals surface area contributed by atoms with Crippen LogP contribution in [0.4, 0.5) is 10.1 Å². The van der Waals surface area contributed by atoms with E-state index in [4.69, 9.17) is 25.6 Å². The van der Waals surface area contributed by atoms with Crippen LogP contribution in [0.15, 0.2) is 58.8 Å². The molecule has 0 saturated heterocycles. The van der Waals surface area contributed by atoms with E-state index in [1.165, 1.54) is 19.2 Å². The number of nitrogens with zero attached hydrogens (tertiary/aromatic N) is 3. The van der Waals surface area contributed by atoms with Crippen molar-refractivity contribution in [2.45, 2.75) is 0 Å². The summed E-state index contributed by atoms with van der Waals surface area (Å²) < 4.78 is 29.9. The van der Waals surface area contributed by atoms with Gasteiger partial charge in [0.05, 0.1) is 30.7 Å². The molecule has 1 aromatic heterocycles. The lowest BCUT2D eigenvalue weighted by atomic mass is 10.2. The van der Waals surface area contributed by atoms with Crippen molar-refractivity contribution in [3.05, 3.63) is 65.9 Å². The lowest BCUT2D eigenvalue weighted by molar-refractivity contribution is 0.223. The van der Waals surface area contributed by atoms with Crippen LogP contribution in [0.25, 0.3) is 17.1 Å².